The van der Waals surface area contributed by atoms with E-state index >= 15 is 0 Å². The summed E-state index contributed by atoms with van der Waals surface area (Å²) in [5.74, 6) is 0.0867. The number of rotatable bonds is 6. The van der Waals surface area contributed by atoms with Crippen molar-refractivity contribution < 1.29 is 18.0 Å². The number of carbonyl (C=O) groups is 2. The van der Waals surface area contributed by atoms with Crippen LogP contribution < -0.4 is 5.32 Å². The number of hydrogen-bond donors (Lipinski definition) is 1. The molecule has 0 aromatic heterocycles. The van der Waals surface area contributed by atoms with Crippen molar-refractivity contribution in [3.8, 4) is 0 Å². The van der Waals surface area contributed by atoms with Crippen LogP contribution in [0.5, 0.6) is 0 Å². The molecule has 2 heterocycles. The maximum atomic E-state index is 13.3. The normalized spacial score (nSPS) is 24.9. The molecule has 4 rings (SSSR count). The molecule has 1 aliphatic carbocycles. The number of nitrogens with zero attached hydrogens (tertiary/aromatic N) is 2. The average molecular weight is 482 g/mol. The Morgan fingerprint density at radius 1 is 1.06 bits per heavy atom. The van der Waals surface area contributed by atoms with E-state index in [9.17, 15) is 18.0 Å². The van der Waals surface area contributed by atoms with E-state index in [1.807, 2.05) is 0 Å². The first-order chi connectivity index (χ1) is 15.3. The van der Waals surface area contributed by atoms with Gasteiger partial charge in [0.05, 0.1) is 16.7 Å². The minimum atomic E-state index is -3.70. The van der Waals surface area contributed by atoms with Crippen LogP contribution in [-0.2, 0) is 19.6 Å². The molecule has 9 heteroatoms. The first-order valence-corrected chi connectivity index (χ1v) is 13.4. The van der Waals surface area contributed by atoms with E-state index in [-0.39, 0.29) is 35.1 Å². The SMILES string of the molecule is Cc1cc(Cl)ccc1S(=O)(=O)N1CCCC(C(=O)N2CCCC(C(=O)NCC3CC3)C2)C1. The number of carbonyl (C=O) groups excluding carboxylic acids is 2. The standard InChI is InChI=1S/C23H32ClN3O4S/c1-16-12-20(24)8-9-21(16)32(30,31)27-11-3-5-19(15-27)23(29)26-10-2-4-18(14-26)22(28)25-13-17-6-7-17/h8-9,12,17-19H,2-7,10-11,13-15H2,1H3,(H,25,28). The lowest BCUT2D eigenvalue weighted by Gasteiger charge is -2.37. The third-order valence-corrected chi connectivity index (χ3v) is 9.11. The molecule has 2 amide bonds. The maximum absolute atomic E-state index is 13.3. The second kappa shape index (κ2) is 9.69. The number of halogens is 1. The molecule has 3 fully saturated rings. The monoisotopic (exact) mass is 481 g/mol. The Hall–Kier alpha value is -1.64. The van der Waals surface area contributed by atoms with Crippen LogP contribution in [0.1, 0.15) is 44.1 Å². The molecule has 0 radical (unpaired) electrons. The van der Waals surface area contributed by atoms with Crippen LogP contribution in [0.2, 0.25) is 5.02 Å². The van der Waals surface area contributed by atoms with Gasteiger partial charge >= 0.3 is 0 Å². The van der Waals surface area contributed by atoms with E-state index in [0.29, 0.717) is 49.0 Å². The van der Waals surface area contributed by atoms with Crippen LogP contribution in [0.25, 0.3) is 0 Å². The van der Waals surface area contributed by atoms with E-state index in [0.717, 1.165) is 19.4 Å². The fourth-order valence-corrected chi connectivity index (χ4v) is 6.72. The molecule has 2 unspecified atom stereocenters. The minimum Gasteiger partial charge on any atom is -0.356 e. The molecule has 1 aromatic carbocycles. The Bertz CT molecular complexity index is 979. The van der Waals surface area contributed by atoms with Gasteiger partial charge < -0.3 is 10.2 Å². The highest BCUT2D eigenvalue weighted by molar-refractivity contribution is 7.89. The summed E-state index contributed by atoms with van der Waals surface area (Å²) in [5, 5.41) is 3.53. The molecule has 1 N–H and O–H groups in total. The van der Waals surface area contributed by atoms with Crippen molar-refractivity contribution >= 4 is 33.4 Å². The van der Waals surface area contributed by atoms with Gasteiger partial charge in [-0.2, -0.15) is 4.31 Å². The van der Waals surface area contributed by atoms with E-state index in [4.69, 9.17) is 11.6 Å². The van der Waals surface area contributed by atoms with Gasteiger partial charge in [-0.25, -0.2) is 8.42 Å². The molecule has 0 bridgehead atoms. The van der Waals surface area contributed by atoms with Crippen LogP contribution in [0.3, 0.4) is 0 Å². The second-order valence-electron chi connectivity index (χ2n) is 9.42. The molecule has 32 heavy (non-hydrogen) atoms. The number of aryl methyl sites for hydroxylation is 1. The van der Waals surface area contributed by atoms with Gasteiger partial charge in [-0.1, -0.05) is 11.6 Å². The summed E-state index contributed by atoms with van der Waals surface area (Å²) in [6.45, 7) is 4.11. The molecular weight excluding hydrogens is 450 g/mol. The van der Waals surface area contributed by atoms with E-state index in [2.05, 4.69) is 5.32 Å². The van der Waals surface area contributed by atoms with Gasteiger partial charge in [0.25, 0.3) is 0 Å². The lowest BCUT2D eigenvalue weighted by molar-refractivity contribution is -0.140. The zero-order chi connectivity index (χ0) is 22.9. The molecule has 2 atom stereocenters. The van der Waals surface area contributed by atoms with Crippen molar-refractivity contribution in [1.82, 2.24) is 14.5 Å². The number of benzene rings is 1. The van der Waals surface area contributed by atoms with Gasteiger partial charge in [0.2, 0.25) is 21.8 Å². The molecule has 7 nitrogen and oxygen atoms in total. The summed E-state index contributed by atoms with van der Waals surface area (Å²) in [6, 6.07) is 4.76. The smallest absolute Gasteiger partial charge is 0.243 e. The Kier molecular flexibility index (Phi) is 7.12. The zero-order valence-corrected chi connectivity index (χ0v) is 20.1. The summed E-state index contributed by atoms with van der Waals surface area (Å²) in [7, 11) is -3.70. The third kappa shape index (κ3) is 5.29. The fourth-order valence-electron chi connectivity index (χ4n) is 4.76. The molecular formula is C23H32ClN3O4S. The van der Waals surface area contributed by atoms with Gasteiger partial charge in [0, 0.05) is 37.7 Å². The van der Waals surface area contributed by atoms with Crippen molar-refractivity contribution in [2.24, 2.45) is 17.8 Å². The number of piperidine rings is 2. The number of nitrogens with one attached hydrogen (secondary N) is 1. The van der Waals surface area contributed by atoms with Crippen molar-refractivity contribution in [3.63, 3.8) is 0 Å². The minimum absolute atomic E-state index is 0.0302. The number of sulfonamides is 1. The van der Waals surface area contributed by atoms with Crippen molar-refractivity contribution in [2.75, 3.05) is 32.7 Å². The fraction of sp³-hybridized carbons (Fsp3) is 0.652. The van der Waals surface area contributed by atoms with Crippen molar-refractivity contribution in [2.45, 2.75) is 50.3 Å². The van der Waals surface area contributed by atoms with Crippen LogP contribution in [-0.4, -0.2) is 62.2 Å². The highest BCUT2D eigenvalue weighted by Gasteiger charge is 2.37. The maximum Gasteiger partial charge on any atom is 0.243 e. The summed E-state index contributed by atoms with van der Waals surface area (Å²) >= 11 is 5.99. The number of hydrogen-bond acceptors (Lipinski definition) is 4. The predicted octanol–water partition coefficient (Wildman–Crippen LogP) is 2.81. The van der Waals surface area contributed by atoms with Crippen molar-refractivity contribution in [3.05, 3.63) is 28.8 Å². The molecule has 0 spiro atoms. The van der Waals surface area contributed by atoms with Crippen LogP contribution in [0.15, 0.2) is 23.1 Å². The highest BCUT2D eigenvalue weighted by Crippen LogP contribution is 2.30. The van der Waals surface area contributed by atoms with Gasteiger partial charge in [0.15, 0.2) is 0 Å². The van der Waals surface area contributed by atoms with E-state index < -0.39 is 10.0 Å². The molecule has 2 saturated heterocycles. The first-order valence-electron chi connectivity index (χ1n) is 11.6. The highest BCUT2D eigenvalue weighted by atomic mass is 35.5. The topological polar surface area (TPSA) is 86.8 Å². The Morgan fingerprint density at radius 3 is 2.50 bits per heavy atom. The van der Waals surface area contributed by atoms with Crippen molar-refractivity contribution in [1.29, 1.82) is 0 Å². The van der Waals surface area contributed by atoms with Gasteiger partial charge in [0.1, 0.15) is 0 Å². The van der Waals surface area contributed by atoms with Gasteiger partial charge in [-0.3, -0.25) is 9.59 Å². The zero-order valence-electron chi connectivity index (χ0n) is 18.6. The van der Waals surface area contributed by atoms with Crippen LogP contribution in [0, 0.1) is 24.7 Å². The summed E-state index contributed by atoms with van der Waals surface area (Å²) < 4.78 is 27.9. The van der Waals surface area contributed by atoms with E-state index in [1.165, 1.54) is 23.2 Å². The Morgan fingerprint density at radius 2 is 1.78 bits per heavy atom. The van der Waals surface area contributed by atoms with Gasteiger partial charge in [-0.05, 0) is 75.1 Å². The largest absolute Gasteiger partial charge is 0.356 e. The molecule has 1 saturated carbocycles. The summed E-state index contributed by atoms with van der Waals surface area (Å²) in [6.07, 6.45) is 5.27. The van der Waals surface area contributed by atoms with Crippen LogP contribution in [0.4, 0.5) is 0 Å². The second-order valence-corrected chi connectivity index (χ2v) is 11.8. The molecule has 1 aromatic rings. The average Bonchev–Trinajstić information content (AvgIpc) is 3.61. The first kappa shape index (κ1) is 23.5. The lowest BCUT2D eigenvalue weighted by atomic mass is 9.93. The Labute approximate surface area is 195 Å². The number of likely N-dealkylation sites (tertiary alicyclic amines) is 1. The molecule has 2 aliphatic heterocycles. The lowest BCUT2D eigenvalue weighted by Crippen LogP contribution is -2.51. The quantitative estimate of drug-likeness (QED) is 0.676. The summed E-state index contributed by atoms with van der Waals surface area (Å²) in [5.41, 5.74) is 0.599. The molecule has 176 valence electrons. The Balaban J connectivity index is 1.40. The third-order valence-electron chi connectivity index (χ3n) is 6.85. The summed E-state index contributed by atoms with van der Waals surface area (Å²) in [4.78, 5) is 27.8. The predicted molar refractivity (Wildman–Crippen MR) is 123 cm³/mol. The number of amides is 2. The van der Waals surface area contributed by atoms with E-state index in [1.54, 1.807) is 24.0 Å². The molecule has 3 aliphatic rings. The van der Waals surface area contributed by atoms with Crippen LogP contribution >= 0.6 is 11.6 Å². The van der Waals surface area contributed by atoms with Gasteiger partial charge in [-0.15, -0.1) is 0 Å².